The van der Waals surface area contributed by atoms with E-state index in [0.29, 0.717) is 18.9 Å². The molecular formula is C22H28N6O. The number of aryl methyl sites for hydroxylation is 1. The molecule has 3 aromatic heterocycles. The Morgan fingerprint density at radius 1 is 1.28 bits per heavy atom. The first-order chi connectivity index (χ1) is 14.0. The molecular weight excluding hydrogens is 364 g/mol. The van der Waals surface area contributed by atoms with Crippen LogP contribution in [0.5, 0.6) is 0 Å². The van der Waals surface area contributed by atoms with Gasteiger partial charge in [0.15, 0.2) is 5.65 Å². The smallest absolute Gasteiger partial charge is 0.223 e. The van der Waals surface area contributed by atoms with Crippen LogP contribution in [-0.4, -0.2) is 49.5 Å². The highest BCUT2D eigenvalue weighted by atomic mass is 16.2. The molecule has 0 bridgehead atoms. The first-order valence-corrected chi connectivity index (χ1v) is 10.3. The summed E-state index contributed by atoms with van der Waals surface area (Å²) in [6, 6.07) is 8.13. The van der Waals surface area contributed by atoms with Crippen LogP contribution >= 0.6 is 0 Å². The Kier molecular flexibility index (Phi) is 5.47. The van der Waals surface area contributed by atoms with Crippen LogP contribution in [0.1, 0.15) is 38.8 Å². The predicted octanol–water partition coefficient (Wildman–Crippen LogP) is 3.55. The number of amides is 1. The molecule has 7 nitrogen and oxygen atoms in total. The van der Waals surface area contributed by atoms with Crippen LogP contribution in [0.3, 0.4) is 0 Å². The number of fused-ring (bicyclic) bond motifs is 1. The Bertz CT molecular complexity index is 1010. The Morgan fingerprint density at radius 3 is 2.93 bits per heavy atom. The van der Waals surface area contributed by atoms with Crippen molar-refractivity contribution in [2.75, 3.05) is 18.4 Å². The van der Waals surface area contributed by atoms with E-state index in [9.17, 15) is 4.79 Å². The molecule has 1 aliphatic rings. The average Bonchev–Trinajstić information content (AvgIpc) is 3.32. The van der Waals surface area contributed by atoms with Crippen LogP contribution < -0.4 is 5.32 Å². The Balaban J connectivity index is 1.50. The second-order valence-electron chi connectivity index (χ2n) is 8.18. The van der Waals surface area contributed by atoms with Crippen molar-refractivity contribution in [2.24, 2.45) is 5.92 Å². The van der Waals surface area contributed by atoms with Crippen LogP contribution in [0.25, 0.3) is 16.9 Å². The number of hydrogen-bond acceptors (Lipinski definition) is 5. The molecule has 152 valence electrons. The summed E-state index contributed by atoms with van der Waals surface area (Å²) in [5.41, 5.74) is 3.73. The van der Waals surface area contributed by atoms with Gasteiger partial charge in [-0.15, -0.1) is 5.10 Å². The van der Waals surface area contributed by atoms with Gasteiger partial charge in [0.1, 0.15) is 5.82 Å². The molecule has 0 spiro atoms. The van der Waals surface area contributed by atoms with Crippen molar-refractivity contribution in [3.8, 4) is 11.3 Å². The second kappa shape index (κ2) is 8.19. The minimum atomic E-state index is 0.226. The van der Waals surface area contributed by atoms with Crippen LogP contribution in [0.2, 0.25) is 0 Å². The lowest BCUT2D eigenvalue weighted by atomic mass is 10.1. The number of anilines is 1. The summed E-state index contributed by atoms with van der Waals surface area (Å²) in [5, 5.41) is 8.17. The highest BCUT2D eigenvalue weighted by molar-refractivity contribution is 5.77. The van der Waals surface area contributed by atoms with Crippen LogP contribution in [0, 0.1) is 12.8 Å². The number of hydrogen-bond donors (Lipinski definition) is 1. The van der Waals surface area contributed by atoms with E-state index in [2.05, 4.69) is 29.1 Å². The fraction of sp³-hybridized carbons (Fsp3) is 0.455. The number of carbonyl (C=O) groups is 1. The molecule has 0 saturated carbocycles. The molecule has 3 aromatic rings. The van der Waals surface area contributed by atoms with E-state index in [-0.39, 0.29) is 11.9 Å². The lowest BCUT2D eigenvalue weighted by Crippen LogP contribution is -2.40. The third-order valence-electron chi connectivity index (χ3n) is 5.35. The number of nitrogens with zero attached hydrogens (tertiary/aromatic N) is 5. The fourth-order valence-electron chi connectivity index (χ4n) is 3.93. The topological polar surface area (TPSA) is 75.4 Å². The summed E-state index contributed by atoms with van der Waals surface area (Å²) < 4.78 is 1.85. The third-order valence-corrected chi connectivity index (χ3v) is 5.35. The number of rotatable bonds is 6. The maximum absolute atomic E-state index is 12.5. The number of aromatic nitrogens is 4. The number of nitrogens with one attached hydrogen (secondary N) is 1. The number of pyridine rings is 1. The molecule has 4 heterocycles. The lowest BCUT2D eigenvalue weighted by molar-refractivity contribution is -0.132. The zero-order valence-corrected chi connectivity index (χ0v) is 17.3. The van der Waals surface area contributed by atoms with Crippen molar-refractivity contribution in [2.45, 2.75) is 46.1 Å². The molecule has 29 heavy (non-hydrogen) atoms. The first kappa shape index (κ1) is 19.4. The molecule has 1 unspecified atom stereocenters. The monoisotopic (exact) mass is 392 g/mol. The summed E-state index contributed by atoms with van der Waals surface area (Å²) >= 11 is 0. The van der Waals surface area contributed by atoms with Gasteiger partial charge >= 0.3 is 0 Å². The maximum Gasteiger partial charge on any atom is 0.223 e. The predicted molar refractivity (Wildman–Crippen MR) is 114 cm³/mol. The fourth-order valence-corrected chi connectivity index (χ4v) is 3.93. The van der Waals surface area contributed by atoms with Crippen LogP contribution in [0.15, 0.2) is 36.7 Å². The van der Waals surface area contributed by atoms with Crippen molar-refractivity contribution < 1.29 is 4.79 Å². The van der Waals surface area contributed by atoms with Crippen molar-refractivity contribution in [1.82, 2.24) is 24.5 Å². The zero-order valence-electron chi connectivity index (χ0n) is 17.3. The summed E-state index contributed by atoms with van der Waals surface area (Å²) in [4.78, 5) is 23.3. The average molecular weight is 393 g/mol. The SMILES string of the molecule is Cc1cc(-c2cnc3ccc(NCC4CCCN4C(=O)CC(C)C)nn23)ccn1. The molecule has 0 aromatic carbocycles. The van der Waals surface area contributed by atoms with E-state index in [0.717, 1.165) is 47.8 Å². The van der Waals surface area contributed by atoms with Crippen molar-refractivity contribution in [1.29, 1.82) is 0 Å². The molecule has 1 N–H and O–H groups in total. The van der Waals surface area contributed by atoms with Crippen molar-refractivity contribution in [3.63, 3.8) is 0 Å². The summed E-state index contributed by atoms with van der Waals surface area (Å²) in [5.74, 6) is 1.43. The van der Waals surface area contributed by atoms with E-state index in [1.807, 2.05) is 46.8 Å². The number of carbonyl (C=O) groups excluding carboxylic acids is 1. The first-order valence-electron chi connectivity index (χ1n) is 10.3. The van der Waals surface area contributed by atoms with Gasteiger partial charge in [0.05, 0.1) is 11.9 Å². The van der Waals surface area contributed by atoms with Gasteiger partial charge in [-0.05, 0) is 49.9 Å². The van der Waals surface area contributed by atoms with E-state index in [1.54, 1.807) is 6.20 Å². The summed E-state index contributed by atoms with van der Waals surface area (Å²) in [7, 11) is 0. The van der Waals surface area contributed by atoms with Crippen molar-refractivity contribution in [3.05, 3.63) is 42.4 Å². The molecule has 1 fully saturated rings. The molecule has 4 rings (SSSR count). The molecule has 1 atom stereocenters. The largest absolute Gasteiger partial charge is 0.367 e. The van der Waals surface area contributed by atoms with Gasteiger partial charge in [-0.3, -0.25) is 9.78 Å². The highest BCUT2D eigenvalue weighted by Gasteiger charge is 2.28. The van der Waals surface area contributed by atoms with E-state index in [4.69, 9.17) is 5.10 Å². The molecule has 1 amide bonds. The maximum atomic E-state index is 12.5. The Labute approximate surface area is 171 Å². The number of likely N-dealkylation sites (tertiary alicyclic amines) is 1. The van der Waals surface area contributed by atoms with Crippen LogP contribution in [-0.2, 0) is 4.79 Å². The van der Waals surface area contributed by atoms with Gasteiger partial charge in [0, 0.05) is 43.0 Å². The van der Waals surface area contributed by atoms with Gasteiger partial charge in [-0.25, -0.2) is 9.50 Å². The normalized spacial score (nSPS) is 16.7. The zero-order chi connectivity index (χ0) is 20.4. The van der Waals surface area contributed by atoms with Gasteiger partial charge < -0.3 is 10.2 Å². The lowest BCUT2D eigenvalue weighted by Gasteiger charge is -2.26. The standard InChI is InChI=1S/C22H28N6O/c1-15(2)11-22(29)27-10-4-5-18(27)13-24-20-6-7-21-25-14-19(28(21)26-20)17-8-9-23-16(3)12-17/h6-9,12,14-15,18H,4-5,10-11,13H2,1-3H3,(H,24,26). The molecule has 0 aliphatic carbocycles. The molecule has 7 heteroatoms. The minimum absolute atomic E-state index is 0.226. The van der Waals surface area contributed by atoms with Gasteiger partial charge in [0.25, 0.3) is 0 Å². The summed E-state index contributed by atoms with van der Waals surface area (Å²) in [6.07, 6.45) is 6.35. The van der Waals surface area contributed by atoms with Crippen molar-refractivity contribution >= 4 is 17.4 Å². The second-order valence-corrected chi connectivity index (χ2v) is 8.18. The molecule has 1 saturated heterocycles. The van der Waals surface area contributed by atoms with E-state index >= 15 is 0 Å². The summed E-state index contributed by atoms with van der Waals surface area (Å²) in [6.45, 7) is 7.72. The Morgan fingerprint density at radius 2 is 2.14 bits per heavy atom. The third kappa shape index (κ3) is 4.23. The van der Waals surface area contributed by atoms with E-state index in [1.165, 1.54) is 0 Å². The quantitative estimate of drug-likeness (QED) is 0.694. The molecule has 0 radical (unpaired) electrons. The molecule has 1 aliphatic heterocycles. The highest BCUT2D eigenvalue weighted by Crippen LogP contribution is 2.22. The van der Waals surface area contributed by atoms with Crippen LogP contribution in [0.4, 0.5) is 5.82 Å². The minimum Gasteiger partial charge on any atom is -0.367 e. The van der Waals surface area contributed by atoms with E-state index < -0.39 is 0 Å². The van der Waals surface area contributed by atoms with Gasteiger partial charge in [-0.2, -0.15) is 0 Å². The van der Waals surface area contributed by atoms with Gasteiger partial charge in [-0.1, -0.05) is 13.8 Å². The Hall–Kier alpha value is -2.96. The van der Waals surface area contributed by atoms with Gasteiger partial charge in [0.2, 0.25) is 5.91 Å². The number of imidazole rings is 1.